The number of para-hydroxylation sites is 2. The monoisotopic (exact) mass is 272 g/mol. The third-order valence-corrected chi connectivity index (χ3v) is 3.72. The van der Waals surface area contributed by atoms with Gasteiger partial charge < -0.3 is 10.5 Å². The van der Waals surface area contributed by atoms with Crippen molar-refractivity contribution >= 4 is 15.7 Å². The highest BCUT2D eigenvalue weighted by molar-refractivity contribution is 7.92. The first-order valence-electron chi connectivity index (χ1n) is 5.87. The van der Waals surface area contributed by atoms with Gasteiger partial charge in [-0.1, -0.05) is 26.0 Å². The minimum absolute atomic E-state index is 0.0691. The number of nitrogens with one attached hydrogen (secondary N) is 1. The van der Waals surface area contributed by atoms with E-state index >= 15 is 0 Å². The molecule has 0 amide bonds. The second kappa shape index (κ2) is 6.61. The van der Waals surface area contributed by atoms with Crippen LogP contribution >= 0.6 is 0 Å². The first kappa shape index (κ1) is 14.8. The van der Waals surface area contributed by atoms with Crippen molar-refractivity contribution in [2.75, 3.05) is 23.6 Å². The third-order valence-electron chi connectivity index (χ3n) is 2.08. The van der Waals surface area contributed by atoms with Crippen molar-refractivity contribution in [1.29, 1.82) is 0 Å². The first-order valence-corrected chi connectivity index (χ1v) is 7.52. The van der Waals surface area contributed by atoms with Gasteiger partial charge in [0.15, 0.2) is 0 Å². The van der Waals surface area contributed by atoms with E-state index in [0.29, 0.717) is 24.6 Å². The van der Waals surface area contributed by atoms with Gasteiger partial charge in [-0.15, -0.1) is 0 Å². The van der Waals surface area contributed by atoms with Gasteiger partial charge in [0.05, 0.1) is 11.4 Å². The minimum Gasteiger partial charge on any atom is -0.490 e. The minimum atomic E-state index is -3.34. The Morgan fingerprint density at radius 1 is 1.33 bits per heavy atom. The number of anilines is 1. The molecule has 0 radical (unpaired) electrons. The molecule has 0 heterocycles. The zero-order chi connectivity index (χ0) is 13.6. The Labute approximate surface area is 108 Å². The lowest BCUT2D eigenvalue weighted by Gasteiger charge is -2.14. The number of rotatable bonds is 7. The van der Waals surface area contributed by atoms with Crippen molar-refractivity contribution in [2.45, 2.75) is 13.8 Å². The maximum Gasteiger partial charge on any atom is 0.233 e. The average molecular weight is 272 g/mol. The van der Waals surface area contributed by atoms with E-state index in [2.05, 4.69) is 4.72 Å². The van der Waals surface area contributed by atoms with E-state index in [4.69, 9.17) is 10.5 Å². The zero-order valence-electron chi connectivity index (χ0n) is 10.7. The van der Waals surface area contributed by atoms with Gasteiger partial charge in [-0.2, -0.15) is 0 Å². The van der Waals surface area contributed by atoms with E-state index in [0.717, 1.165) is 0 Å². The first-order chi connectivity index (χ1) is 8.44. The van der Waals surface area contributed by atoms with Crippen LogP contribution in [0.3, 0.4) is 0 Å². The Balaban J connectivity index is 2.83. The molecule has 0 spiro atoms. The summed E-state index contributed by atoms with van der Waals surface area (Å²) < 4.78 is 31.6. The summed E-state index contributed by atoms with van der Waals surface area (Å²) in [5.41, 5.74) is 5.81. The van der Waals surface area contributed by atoms with Crippen molar-refractivity contribution in [2.24, 2.45) is 11.7 Å². The molecular formula is C12H20N2O3S. The lowest BCUT2D eigenvalue weighted by atomic mass is 10.3. The number of benzene rings is 1. The highest BCUT2D eigenvalue weighted by Crippen LogP contribution is 2.25. The quantitative estimate of drug-likeness (QED) is 0.786. The van der Waals surface area contributed by atoms with Gasteiger partial charge in [0.1, 0.15) is 12.4 Å². The summed E-state index contributed by atoms with van der Waals surface area (Å²) in [4.78, 5) is 0. The summed E-state index contributed by atoms with van der Waals surface area (Å²) in [5.74, 6) is 0.646. The van der Waals surface area contributed by atoms with E-state index in [1.807, 2.05) is 13.8 Å². The van der Waals surface area contributed by atoms with E-state index in [-0.39, 0.29) is 11.7 Å². The summed E-state index contributed by atoms with van der Waals surface area (Å²) in [7, 11) is -3.34. The molecule has 0 fully saturated rings. The molecule has 1 rings (SSSR count). The van der Waals surface area contributed by atoms with Gasteiger partial charge in [-0.3, -0.25) is 4.72 Å². The summed E-state index contributed by atoms with van der Waals surface area (Å²) in [5, 5.41) is 0. The Hall–Kier alpha value is -1.27. The van der Waals surface area contributed by atoms with E-state index in [1.54, 1.807) is 24.3 Å². The molecule has 18 heavy (non-hydrogen) atoms. The highest BCUT2D eigenvalue weighted by Gasteiger charge is 2.15. The fraction of sp³-hybridized carbons (Fsp3) is 0.500. The lowest BCUT2D eigenvalue weighted by molar-refractivity contribution is 0.330. The highest BCUT2D eigenvalue weighted by atomic mass is 32.2. The molecule has 0 saturated heterocycles. The van der Waals surface area contributed by atoms with E-state index in [1.165, 1.54) is 0 Å². The number of hydrogen-bond acceptors (Lipinski definition) is 4. The molecule has 0 aromatic heterocycles. The van der Waals surface area contributed by atoms with Crippen LogP contribution in [0.1, 0.15) is 13.8 Å². The van der Waals surface area contributed by atoms with Crippen LogP contribution in [0.2, 0.25) is 0 Å². The van der Waals surface area contributed by atoms with Crippen LogP contribution in [0, 0.1) is 5.92 Å². The van der Waals surface area contributed by atoms with E-state index < -0.39 is 10.0 Å². The molecule has 0 saturated carbocycles. The molecule has 0 aliphatic carbocycles. The van der Waals surface area contributed by atoms with Gasteiger partial charge in [-0.25, -0.2) is 8.42 Å². The fourth-order valence-corrected chi connectivity index (χ4v) is 2.96. The molecule has 0 aliphatic rings. The van der Waals surface area contributed by atoms with Crippen LogP contribution in [-0.4, -0.2) is 27.3 Å². The van der Waals surface area contributed by atoms with Crippen LogP contribution < -0.4 is 15.2 Å². The fourth-order valence-electron chi connectivity index (χ4n) is 1.49. The largest absolute Gasteiger partial charge is 0.490 e. The van der Waals surface area contributed by atoms with Crippen LogP contribution in [0.5, 0.6) is 5.75 Å². The molecule has 0 unspecified atom stereocenters. The zero-order valence-corrected chi connectivity index (χ0v) is 11.5. The Morgan fingerprint density at radius 2 is 2.00 bits per heavy atom. The molecule has 1 aromatic carbocycles. The van der Waals surface area contributed by atoms with Crippen LogP contribution in [0.15, 0.2) is 24.3 Å². The van der Waals surface area contributed by atoms with Crippen LogP contribution in [0.25, 0.3) is 0 Å². The summed E-state index contributed by atoms with van der Waals surface area (Å²) in [6, 6.07) is 6.92. The number of sulfonamides is 1. The van der Waals surface area contributed by atoms with E-state index in [9.17, 15) is 8.42 Å². The van der Waals surface area contributed by atoms with Gasteiger partial charge in [0.2, 0.25) is 10.0 Å². The topological polar surface area (TPSA) is 81.4 Å². The number of nitrogens with two attached hydrogens (primary N) is 1. The summed E-state index contributed by atoms with van der Waals surface area (Å²) in [6.45, 7) is 4.45. The molecule has 6 heteroatoms. The average Bonchev–Trinajstić information content (AvgIpc) is 2.25. The van der Waals surface area contributed by atoms with Crippen LogP contribution in [-0.2, 0) is 10.0 Å². The Morgan fingerprint density at radius 3 is 2.61 bits per heavy atom. The lowest BCUT2D eigenvalue weighted by Crippen LogP contribution is -2.20. The molecule has 0 bridgehead atoms. The third kappa shape index (κ3) is 4.93. The van der Waals surface area contributed by atoms with Gasteiger partial charge in [0, 0.05) is 6.54 Å². The molecule has 3 N–H and O–H groups in total. The van der Waals surface area contributed by atoms with Crippen LogP contribution in [0.4, 0.5) is 5.69 Å². The van der Waals surface area contributed by atoms with Gasteiger partial charge in [-0.05, 0) is 18.1 Å². The van der Waals surface area contributed by atoms with Crippen molar-refractivity contribution in [3.63, 3.8) is 0 Å². The molecule has 0 aliphatic heterocycles. The normalized spacial score (nSPS) is 11.6. The van der Waals surface area contributed by atoms with Crippen molar-refractivity contribution in [3.05, 3.63) is 24.3 Å². The smallest absolute Gasteiger partial charge is 0.233 e. The second-order valence-electron chi connectivity index (χ2n) is 4.41. The molecule has 5 nitrogen and oxygen atoms in total. The maximum atomic E-state index is 11.8. The van der Waals surface area contributed by atoms with Gasteiger partial charge in [0.25, 0.3) is 0 Å². The maximum absolute atomic E-state index is 11.8. The molecule has 0 atom stereocenters. The standard InChI is InChI=1S/C12H20N2O3S/c1-10(2)9-18(15,16)14-11-5-3-4-6-12(11)17-8-7-13/h3-6,10,14H,7-9,13H2,1-2H3. The molecule has 1 aromatic rings. The van der Waals surface area contributed by atoms with Crippen molar-refractivity contribution < 1.29 is 13.2 Å². The predicted molar refractivity (Wildman–Crippen MR) is 73.2 cm³/mol. The number of ether oxygens (including phenoxy) is 1. The summed E-state index contributed by atoms with van der Waals surface area (Å²) >= 11 is 0. The van der Waals surface area contributed by atoms with Crippen molar-refractivity contribution in [1.82, 2.24) is 0 Å². The SMILES string of the molecule is CC(C)CS(=O)(=O)Nc1ccccc1OCCN. The second-order valence-corrected chi connectivity index (χ2v) is 6.18. The number of hydrogen-bond donors (Lipinski definition) is 2. The van der Waals surface area contributed by atoms with Crippen molar-refractivity contribution in [3.8, 4) is 5.75 Å². The summed E-state index contributed by atoms with van der Waals surface area (Å²) in [6.07, 6.45) is 0. The predicted octanol–water partition coefficient (Wildman–Crippen LogP) is 1.42. The molecule has 102 valence electrons. The molecular weight excluding hydrogens is 252 g/mol. The van der Waals surface area contributed by atoms with Gasteiger partial charge >= 0.3 is 0 Å². The Kier molecular flexibility index (Phi) is 5.43. The Bertz CT molecular complexity index is 472.